The van der Waals surface area contributed by atoms with E-state index in [2.05, 4.69) is 25.7 Å². The summed E-state index contributed by atoms with van der Waals surface area (Å²) in [5.41, 5.74) is 7.14. The van der Waals surface area contributed by atoms with E-state index in [9.17, 15) is 4.39 Å². The highest BCUT2D eigenvalue weighted by Gasteiger charge is 2.25. The average molecular weight is 252 g/mol. The van der Waals surface area contributed by atoms with Crippen molar-refractivity contribution >= 4 is 0 Å². The van der Waals surface area contributed by atoms with E-state index in [1.54, 1.807) is 0 Å². The molecule has 1 rings (SSSR count). The Hall–Kier alpha value is -0.930. The quantitative estimate of drug-likeness (QED) is 0.808. The van der Waals surface area contributed by atoms with Crippen LogP contribution in [0.25, 0.3) is 0 Å². The number of hydrogen-bond donors (Lipinski definition) is 1. The number of halogens is 1. The Morgan fingerprint density at radius 3 is 2.17 bits per heavy atom. The summed E-state index contributed by atoms with van der Waals surface area (Å²) >= 11 is 0. The third-order valence-electron chi connectivity index (χ3n) is 3.54. The molecule has 0 fully saturated rings. The molecule has 1 aromatic carbocycles. The molecule has 1 unspecified atom stereocenters. The van der Waals surface area contributed by atoms with Gasteiger partial charge in [0.15, 0.2) is 0 Å². The van der Waals surface area contributed by atoms with Gasteiger partial charge in [0, 0.05) is 6.54 Å². The monoisotopic (exact) mass is 252 g/mol. The minimum Gasteiger partial charge on any atom is -0.330 e. The third kappa shape index (κ3) is 4.39. The molecule has 2 N–H and O–H groups in total. The maximum atomic E-state index is 12.9. The summed E-state index contributed by atoms with van der Waals surface area (Å²) in [7, 11) is 0. The number of nitrogens with two attached hydrogens (primary N) is 1. The Labute approximate surface area is 110 Å². The van der Waals surface area contributed by atoms with Crippen LogP contribution in [0.2, 0.25) is 0 Å². The van der Waals surface area contributed by atoms with E-state index in [0.29, 0.717) is 6.54 Å². The van der Waals surface area contributed by atoms with E-state index in [0.717, 1.165) is 31.6 Å². The molecule has 0 saturated carbocycles. The molecule has 0 aliphatic rings. The lowest BCUT2D eigenvalue weighted by Gasteiger charge is -2.34. The zero-order chi connectivity index (χ0) is 13.6. The highest BCUT2D eigenvalue weighted by molar-refractivity contribution is 5.17. The average Bonchev–Trinajstić information content (AvgIpc) is 2.39. The first-order chi connectivity index (χ1) is 8.53. The summed E-state index contributed by atoms with van der Waals surface area (Å²) in [6.45, 7) is 10.2. The highest BCUT2D eigenvalue weighted by Crippen LogP contribution is 2.23. The largest absolute Gasteiger partial charge is 0.330 e. The third-order valence-corrected chi connectivity index (χ3v) is 3.54. The molecule has 1 atom stereocenters. The van der Waals surface area contributed by atoms with Crippen molar-refractivity contribution in [1.82, 2.24) is 4.90 Å². The van der Waals surface area contributed by atoms with Gasteiger partial charge >= 0.3 is 0 Å². The van der Waals surface area contributed by atoms with Gasteiger partial charge in [-0.2, -0.15) is 0 Å². The molecule has 0 bridgehead atoms. The predicted molar refractivity (Wildman–Crippen MR) is 75.1 cm³/mol. The summed E-state index contributed by atoms with van der Waals surface area (Å²) in [6.07, 6.45) is 0.889. The van der Waals surface area contributed by atoms with Gasteiger partial charge in [-0.1, -0.05) is 32.9 Å². The van der Waals surface area contributed by atoms with Crippen molar-refractivity contribution in [3.63, 3.8) is 0 Å². The van der Waals surface area contributed by atoms with Gasteiger partial charge in [0.05, 0.1) is 0 Å². The van der Waals surface area contributed by atoms with Crippen LogP contribution in [-0.4, -0.2) is 31.1 Å². The van der Waals surface area contributed by atoms with Gasteiger partial charge < -0.3 is 10.6 Å². The van der Waals surface area contributed by atoms with Gasteiger partial charge in [-0.25, -0.2) is 4.39 Å². The van der Waals surface area contributed by atoms with Crippen molar-refractivity contribution in [2.45, 2.75) is 27.2 Å². The molecule has 0 aromatic heterocycles. The zero-order valence-corrected chi connectivity index (χ0v) is 11.7. The molecule has 18 heavy (non-hydrogen) atoms. The normalized spacial score (nSPS) is 14.8. The summed E-state index contributed by atoms with van der Waals surface area (Å²) in [4.78, 5) is 2.39. The van der Waals surface area contributed by atoms with Crippen LogP contribution in [0, 0.1) is 11.2 Å². The van der Waals surface area contributed by atoms with Crippen LogP contribution in [0.3, 0.4) is 0 Å². The maximum Gasteiger partial charge on any atom is 0.123 e. The Morgan fingerprint density at radius 1 is 1.17 bits per heavy atom. The first-order valence-electron chi connectivity index (χ1n) is 6.70. The molecule has 102 valence electrons. The van der Waals surface area contributed by atoms with Crippen LogP contribution in [0.4, 0.5) is 4.39 Å². The fraction of sp³-hybridized carbons (Fsp3) is 0.600. The lowest BCUT2D eigenvalue weighted by Crippen LogP contribution is -2.42. The van der Waals surface area contributed by atoms with Gasteiger partial charge in [-0.05, 0) is 49.2 Å². The molecule has 0 heterocycles. The van der Waals surface area contributed by atoms with E-state index < -0.39 is 0 Å². The highest BCUT2D eigenvalue weighted by atomic mass is 19.1. The maximum absolute atomic E-state index is 12.9. The first kappa shape index (κ1) is 15.1. The second kappa shape index (κ2) is 6.86. The summed E-state index contributed by atoms with van der Waals surface area (Å²) < 4.78 is 12.9. The second-order valence-electron chi connectivity index (χ2n) is 5.28. The van der Waals surface area contributed by atoms with Crippen molar-refractivity contribution in [2.75, 3.05) is 26.2 Å². The molecule has 1 aromatic rings. The van der Waals surface area contributed by atoms with E-state index in [1.165, 1.54) is 12.1 Å². The van der Waals surface area contributed by atoms with E-state index >= 15 is 0 Å². The number of nitrogens with zero attached hydrogens (tertiary/aromatic N) is 1. The standard InChI is InChI=1S/C15H25FN2/c1-4-18(5-2)12-15(3,11-17)10-13-6-8-14(16)9-7-13/h6-9H,4-5,10-12,17H2,1-3H3. The van der Waals surface area contributed by atoms with Crippen molar-refractivity contribution in [1.29, 1.82) is 0 Å². The van der Waals surface area contributed by atoms with Crippen LogP contribution in [0.15, 0.2) is 24.3 Å². The minimum absolute atomic E-state index is 0.0455. The molecule has 0 aliphatic heterocycles. The lowest BCUT2D eigenvalue weighted by molar-refractivity contribution is 0.181. The SMILES string of the molecule is CCN(CC)CC(C)(CN)Cc1ccc(F)cc1. The fourth-order valence-corrected chi connectivity index (χ4v) is 2.27. The molecule has 3 heteroatoms. The Morgan fingerprint density at radius 2 is 1.72 bits per heavy atom. The van der Waals surface area contributed by atoms with Gasteiger partial charge in [0.25, 0.3) is 0 Å². The van der Waals surface area contributed by atoms with Crippen LogP contribution < -0.4 is 5.73 Å². The topological polar surface area (TPSA) is 29.3 Å². The Kier molecular flexibility index (Phi) is 5.76. The van der Waals surface area contributed by atoms with Crippen LogP contribution in [-0.2, 0) is 6.42 Å². The van der Waals surface area contributed by atoms with Crippen LogP contribution >= 0.6 is 0 Å². The van der Waals surface area contributed by atoms with Gasteiger partial charge in [0.1, 0.15) is 5.82 Å². The summed E-state index contributed by atoms with van der Waals surface area (Å²) in [5.74, 6) is -0.183. The van der Waals surface area contributed by atoms with Gasteiger partial charge in [-0.15, -0.1) is 0 Å². The number of benzene rings is 1. The van der Waals surface area contributed by atoms with Crippen molar-refractivity contribution in [3.05, 3.63) is 35.6 Å². The molecular weight excluding hydrogens is 227 g/mol. The van der Waals surface area contributed by atoms with Crippen LogP contribution in [0.1, 0.15) is 26.3 Å². The molecule has 0 amide bonds. The molecule has 0 aliphatic carbocycles. The van der Waals surface area contributed by atoms with E-state index in [4.69, 9.17) is 5.73 Å². The lowest BCUT2D eigenvalue weighted by atomic mass is 9.83. The molecule has 0 spiro atoms. The fourth-order valence-electron chi connectivity index (χ4n) is 2.27. The summed E-state index contributed by atoms with van der Waals surface area (Å²) in [6, 6.07) is 6.74. The summed E-state index contributed by atoms with van der Waals surface area (Å²) in [5, 5.41) is 0. The van der Waals surface area contributed by atoms with E-state index in [-0.39, 0.29) is 11.2 Å². The predicted octanol–water partition coefficient (Wildman–Crippen LogP) is 2.68. The minimum atomic E-state index is -0.183. The molecule has 0 saturated heterocycles. The first-order valence-corrected chi connectivity index (χ1v) is 6.70. The second-order valence-corrected chi connectivity index (χ2v) is 5.28. The van der Waals surface area contributed by atoms with Gasteiger partial charge in [0.2, 0.25) is 0 Å². The molecule has 2 nitrogen and oxygen atoms in total. The van der Waals surface area contributed by atoms with Gasteiger partial charge in [-0.3, -0.25) is 0 Å². The number of hydrogen-bond acceptors (Lipinski definition) is 2. The zero-order valence-electron chi connectivity index (χ0n) is 11.7. The smallest absolute Gasteiger partial charge is 0.123 e. The molecular formula is C15H25FN2. The van der Waals surface area contributed by atoms with Crippen molar-refractivity contribution < 1.29 is 4.39 Å². The Balaban J connectivity index is 2.72. The van der Waals surface area contributed by atoms with E-state index in [1.807, 2.05) is 12.1 Å². The molecule has 0 radical (unpaired) electrons. The van der Waals surface area contributed by atoms with Crippen molar-refractivity contribution in [3.8, 4) is 0 Å². The van der Waals surface area contributed by atoms with Crippen LogP contribution in [0.5, 0.6) is 0 Å². The Bertz CT molecular complexity index is 346. The van der Waals surface area contributed by atoms with Crippen molar-refractivity contribution in [2.24, 2.45) is 11.1 Å². The number of rotatable bonds is 7.